The van der Waals surface area contributed by atoms with Crippen molar-refractivity contribution in [3.8, 4) is 0 Å². The molecular formula is C16H23FN2OS. The Morgan fingerprint density at radius 3 is 2.81 bits per heavy atom. The predicted molar refractivity (Wildman–Crippen MR) is 85.6 cm³/mol. The van der Waals surface area contributed by atoms with Gasteiger partial charge < -0.3 is 4.90 Å². The lowest BCUT2D eigenvalue weighted by Gasteiger charge is -2.24. The Bertz CT molecular complexity index is 495. The van der Waals surface area contributed by atoms with E-state index in [1.165, 1.54) is 12.1 Å². The Morgan fingerprint density at radius 2 is 2.19 bits per heavy atom. The number of nitrogens with zero attached hydrogens (tertiary/aromatic N) is 1. The van der Waals surface area contributed by atoms with Crippen molar-refractivity contribution in [1.82, 2.24) is 10.2 Å². The largest absolute Gasteiger partial charge is 0.322 e. The molecule has 0 radical (unpaired) electrons. The molecule has 1 heterocycles. The van der Waals surface area contributed by atoms with Crippen molar-refractivity contribution in [2.45, 2.75) is 32.5 Å². The van der Waals surface area contributed by atoms with E-state index in [0.29, 0.717) is 6.54 Å². The summed E-state index contributed by atoms with van der Waals surface area (Å²) in [6.45, 7) is 4.77. The van der Waals surface area contributed by atoms with E-state index in [1.54, 1.807) is 17.8 Å². The number of carbonyl (C=O) groups is 1. The highest BCUT2D eigenvalue weighted by molar-refractivity contribution is 7.98. The van der Waals surface area contributed by atoms with Crippen LogP contribution in [0.1, 0.15) is 32.0 Å². The molecule has 3 nitrogen and oxygen atoms in total. The van der Waals surface area contributed by atoms with Crippen molar-refractivity contribution in [2.75, 3.05) is 18.6 Å². The fourth-order valence-corrected chi connectivity index (χ4v) is 3.10. The van der Waals surface area contributed by atoms with Crippen molar-refractivity contribution in [3.05, 3.63) is 35.6 Å². The van der Waals surface area contributed by atoms with Crippen molar-refractivity contribution < 1.29 is 9.18 Å². The summed E-state index contributed by atoms with van der Waals surface area (Å²) in [6, 6.07) is 6.32. The average Bonchev–Trinajstić information content (AvgIpc) is 2.77. The van der Waals surface area contributed by atoms with Crippen LogP contribution in [0.2, 0.25) is 0 Å². The van der Waals surface area contributed by atoms with Gasteiger partial charge in [0.15, 0.2) is 0 Å². The smallest absolute Gasteiger partial charge is 0.241 e. The summed E-state index contributed by atoms with van der Waals surface area (Å²) < 4.78 is 13.5. The predicted octanol–water partition coefficient (Wildman–Crippen LogP) is 3.03. The maximum Gasteiger partial charge on any atom is 0.241 e. The average molecular weight is 310 g/mol. The lowest BCUT2D eigenvalue weighted by molar-refractivity contribution is -0.130. The topological polar surface area (TPSA) is 32.3 Å². The van der Waals surface area contributed by atoms with E-state index in [-0.39, 0.29) is 29.8 Å². The zero-order valence-corrected chi connectivity index (χ0v) is 13.6. The van der Waals surface area contributed by atoms with E-state index >= 15 is 0 Å². The van der Waals surface area contributed by atoms with Crippen LogP contribution < -0.4 is 5.32 Å². The van der Waals surface area contributed by atoms with Crippen molar-refractivity contribution >= 4 is 17.7 Å². The van der Waals surface area contributed by atoms with Gasteiger partial charge in [0.05, 0.1) is 6.04 Å². The van der Waals surface area contributed by atoms with Gasteiger partial charge in [-0.2, -0.15) is 11.8 Å². The van der Waals surface area contributed by atoms with Crippen LogP contribution >= 0.6 is 11.8 Å². The summed E-state index contributed by atoms with van der Waals surface area (Å²) in [6.07, 6.45) is 2.79. The van der Waals surface area contributed by atoms with E-state index in [0.717, 1.165) is 17.7 Å². The highest BCUT2D eigenvalue weighted by Gasteiger charge is 2.40. The van der Waals surface area contributed by atoms with Crippen LogP contribution in [0.25, 0.3) is 0 Å². The Labute approximate surface area is 130 Å². The normalized spacial score (nSPS) is 22.3. The van der Waals surface area contributed by atoms with Crippen LogP contribution in [0, 0.1) is 11.7 Å². The number of thioether (sulfide) groups is 1. The standard InChI is InChI=1S/C16H23FN2OS/c1-11(2)14-16(20)19(8-5-9-21-3)15(18-14)12-6-4-7-13(17)10-12/h4,6-7,10-11,14-15,18H,5,8-9H2,1-3H3. The molecule has 0 aliphatic carbocycles. The number of halogens is 1. The highest BCUT2D eigenvalue weighted by Crippen LogP contribution is 2.28. The first-order valence-electron chi connectivity index (χ1n) is 7.35. The van der Waals surface area contributed by atoms with Gasteiger partial charge in [-0.05, 0) is 42.0 Å². The summed E-state index contributed by atoms with van der Waals surface area (Å²) in [5.74, 6) is 1.10. The Morgan fingerprint density at radius 1 is 1.43 bits per heavy atom. The fraction of sp³-hybridized carbons (Fsp3) is 0.562. The van der Waals surface area contributed by atoms with Gasteiger partial charge in [0.25, 0.3) is 0 Å². The van der Waals surface area contributed by atoms with Crippen LogP contribution in [-0.2, 0) is 4.79 Å². The number of hydrogen-bond acceptors (Lipinski definition) is 3. The third-order valence-corrected chi connectivity index (χ3v) is 4.47. The van der Waals surface area contributed by atoms with Gasteiger partial charge in [-0.3, -0.25) is 10.1 Å². The minimum absolute atomic E-state index is 0.125. The molecule has 1 saturated heterocycles. The molecule has 2 atom stereocenters. The van der Waals surface area contributed by atoms with E-state index in [9.17, 15) is 9.18 Å². The summed E-state index contributed by atoms with van der Waals surface area (Å²) in [7, 11) is 0. The number of nitrogens with one attached hydrogen (secondary N) is 1. The molecule has 0 spiro atoms. The molecule has 0 aromatic heterocycles. The molecule has 21 heavy (non-hydrogen) atoms. The number of carbonyl (C=O) groups excluding carboxylic acids is 1. The minimum Gasteiger partial charge on any atom is -0.322 e. The first kappa shape index (κ1) is 16.3. The van der Waals surface area contributed by atoms with Gasteiger partial charge in [-0.25, -0.2) is 4.39 Å². The molecule has 2 rings (SSSR count). The summed E-state index contributed by atoms with van der Waals surface area (Å²) in [4.78, 5) is 14.4. The first-order valence-corrected chi connectivity index (χ1v) is 8.75. The minimum atomic E-state index is -0.265. The monoisotopic (exact) mass is 310 g/mol. The maximum absolute atomic E-state index is 13.5. The van der Waals surface area contributed by atoms with Crippen LogP contribution in [0.15, 0.2) is 24.3 Å². The Hall–Kier alpha value is -1.07. The Balaban J connectivity index is 2.21. The molecule has 116 valence electrons. The van der Waals surface area contributed by atoms with Gasteiger partial charge in [0.2, 0.25) is 5.91 Å². The van der Waals surface area contributed by atoms with Gasteiger partial charge >= 0.3 is 0 Å². The van der Waals surface area contributed by atoms with Gasteiger partial charge in [0.1, 0.15) is 12.0 Å². The molecular weight excluding hydrogens is 287 g/mol. The molecule has 5 heteroatoms. The van der Waals surface area contributed by atoms with Crippen LogP contribution in [-0.4, -0.2) is 35.4 Å². The molecule has 0 saturated carbocycles. The van der Waals surface area contributed by atoms with Crippen LogP contribution in [0.3, 0.4) is 0 Å². The zero-order chi connectivity index (χ0) is 15.4. The fourth-order valence-electron chi connectivity index (χ4n) is 2.69. The van der Waals surface area contributed by atoms with Crippen molar-refractivity contribution in [3.63, 3.8) is 0 Å². The number of hydrogen-bond donors (Lipinski definition) is 1. The van der Waals surface area contributed by atoms with Crippen molar-refractivity contribution in [1.29, 1.82) is 0 Å². The third-order valence-electron chi connectivity index (χ3n) is 3.78. The molecule has 2 unspecified atom stereocenters. The van der Waals surface area contributed by atoms with E-state index in [2.05, 4.69) is 11.6 Å². The second kappa shape index (κ2) is 7.27. The molecule has 1 N–H and O–H groups in total. The van der Waals surface area contributed by atoms with Crippen molar-refractivity contribution in [2.24, 2.45) is 5.92 Å². The van der Waals surface area contributed by atoms with Crippen LogP contribution in [0.5, 0.6) is 0 Å². The molecule has 1 fully saturated rings. The lowest BCUT2D eigenvalue weighted by Crippen LogP contribution is -2.35. The summed E-state index contributed by atoms with van der Waals surface area (Å²) in [5.41, 5.74) is 0.815. The molecule has 1 aliphatic rings. The summed E-state index contributed by atoms with van der Waals surface area (Å²) >= 11 is 1.77. The van der Waals surface area contributed by atoms with E-state index < -0.39 is 0 Å². The first-order chi connectivity index (χ1) is 10.0. The van der Waals surface area contributed by atoms with Gasteiger partial charge in [-0.1, -0.05) is 26.0 Å². The number of rotatable bonds is 6. The van der Waals surface area contributed by atoms with E-state index in [1.807, 2.05) is 24.8 Å². The molecule has 1 aromatic rings. The molecule has 0 bridgehead atoms. The second-order valence-electron chi connectivity index (χ2n) is 5.72. The Kier molecular flexibility index (Phi) is 5.65. The number of amides is 1. The second-order valence-corrected chi connectivity index (χ2v) is 6.71. The zero-order valence-electron chi connectivity index (χ0n) is 12.8. The SMILES string of the molecule is CSCCCN1C(=O)C(C(C)C)NC1c1cccc(F)c1. The third kappa shape index (κ3) is 3.77. The molecule has 1 aromatic carbocycles. The van der Waals surface area contributed by atoms with E-state index in [4.69, 9.17) is 0 Å². The maximum atomic E-state index is 13.5. The summed E-state index contributed by atoms with van der Waals surface area (Å²) in [5, 5.41) is 3.36. The molecule has 1 amide bonds. The lowest BCUT2D eigenvalue weighted by atomic mass is 10.1. The van der Waals surface area contributed by atoms with Crippen LogP contribution in [0.4, 0.5) is 4.39 Å². The number of benzene rings is 1. The van der Waals surface area contributed by atoms with Gasteiger partial charge in [0, 0.05) is 6.54 Å². The molecule has 1 aliphatic heterocycles. The highest BCUT2D eigenvalue weighted by atomic mass is 32.2. The quantitative estimate of drug-likeness (QED) is 0.820. The van der Waals surface area contributed by atoms with Gasteiger partial charge in [-0.15, -0.1) is 0 Å².